The molecule has 4 fully saturated rings. The van der Waals surface area contributed by atoms with Gasteiger partial charge in [-0.25, -0.2) is 0 Å². The van der Waals surface area contributed by atoms with Gasteiger partial charge in [0.25, 0.3) is 0 Å². The number of carbonyl (C=O) groups excluding carboxylic acids is 1. The molecule has 0 aromatic heterocycles. The normalized spacial score (nSPS) is 58.7. The smallest absolute Gasteiger partial charge is 0.302 e. The van der Waals surface area contributed by atoms with E-state index in [9.17, 15) is 30.3 Å². The lowest BCUT2D eigenvalue weighted by molar-refractivity contribution is -0.185. The number of fused-ring (bicyclic) bond motifs is 2. The minimum absolute atomic E-state index is 0.0159. The first-order chi connectivity index (χ1) is 12.0. The first-order valence-electron chi connectivity index (χ1n) is 9.68. The molecule has 7 nitrogen and oxygen atoms in total. The molecule has 10 unspecified atom stereocenters. The van der Waals surface area contributed by atoms with Crippen molar-refractivity contribution >= 4 is 5.97 Å². The molecule has 4 aliphatic rings. The van der Waals surface area contributed by atoms with Crippen LogP contribution < -0.4 is 0 Å². The van der Waals surface area contributed by atoms with Gasteiger partial charge in [-0.2, -0.15) is 0 Å². The van der Waals surface area contributed by atoms with E-state index in [1.807, 2.05) is 0 Å². The fraction of sp³-hybridized carbons (Fsp3) is 0.947. The van der Waals surface area contributed by atoms with Gasteiger partial charge in [0.1, 0.15) is 6.10 Å². The van der Waals surface area contributed by atoms with Crippen LogP contribution in [-0.2, 0) is 9.53 Å². The van der Waals surface area contributed by atoms with Crippen molar-refractivity contribution in [2.24, 2.45) is 23.2 Å². The SMILES string of the molecule is CC(=O)OC1C2CCC3C(C)(O)C4CC(O)CC4(O)C(O)CC13CC2O. The van der Waals surface area contributed by atoms with E-state index in [4.69, 9.17) is 4.74 Å². The minimum atomic E-state index is -1.58. The van der Waals surface area contributed by atoms with E-state index in [1.165, 1.54) is 6.92 Å². The van der Waals surface area contributed by atoms with Crippen molar-refractivity contribution in [1.29, 1.82) is 0 Å². The predicted molar refractivity (Wildman–Crippen MR) is 89.8 cm³/mol. The Hall–Kier alpha value is -0.730. The summed E-state index contributed by atoms with van der Waals surface area (Å²) in [6, 6.07) is 0. The van der Waals surface area contributed by atoms with Crippen molar-refractivity contribution in [2.45, 2.75) is 88.0 Å². The average Bonchev–Trinajstić information content (AvgIpc) is 2.88. The van der Waals surface area contributed by atoms with Crippen LogP contribution >= 0.6 is 0 Å². The second-order valence-corrected chi connectivity index (χ2v) is 9.41. The molecule has 0 heterocycles. The summed E-state index contributed by atoms with van der Waals surface area (Å²) in [4.78, 5) is 11.7. The Bertz CT molecular complexity index is 607. The quantitative estimate of drug-likeness (QED) is 0.402. The molecule has 0 aromatic carbocycles. The van der Waals surface area contributed by atoms with Gasteiger partial charge < -0.3 is 30.3 Å². The molecule has 5 N–H and O–H groups in total. The van der Waals surface area contributed by atoms with Crippen molar-refractivity contribution in [3.8, 4) is 0 Å². The molecule has 0 aromatic rings. The largest absolute Gasteiger partial charge is 0.462 e. The number of aliphatic hydroxyl groups excluding tert-OH is 3. The summed E-state index contributed by atoms with van der Waals surface area (Å²) in [5.41, 5.74) is -3.71. The summed E-state index contributed by atoms with van der Waals surface area (Å²) in [6.07, 6.45) is -1.23. The lowest BCUT2D eigenvalue weighted by atomic mass is 9.57. The Balaban J connectivity index is 1.83. The van der Waals surface area contributed by atoms with Crippen LogP contribution in [0.2, 0.25) is 0 Å². The van der Waals surface area contributed by atoms with Gasteiger partial charge in [-0.3, -0.25) is 4.79 Å². The standard InChI is InChI=1S/C19H30O7/c1-9(20)26-16-11-3-4-13-17(2,24)14-5-10(21)6-19(14,25)15(23)8-18(13,16)7-12(11)22/h10-16,21-25H,3-8H2,1-2H3. The molecule has 0 saturated heterocycles. The van der Waals surface area contributed by atoms with Crippen LogP contribution in [0.3, 0.4) is 0 Å². The van der Waals surface area contributed by atoms with Crippen molar-refractivity contribution < 1.29 is 35.1 Å². The summed E-state index contributed by atoms with van der Waals surface area (Å²) in [5, 5.41) is 54.5. The molecule has 2 bridgehead atoms. The molecule has 0 aliphatic heterocycles. The average molecular weight is 370 g/mol. The third-order valence-electron chi connectivity index (χ3n) is 8.05. The summed E-state index contributed by atoms with van der Waals surface area (Å²) in [7, 11) is 0. The van der Waals surface area contributed by atoms with Gasteiger partial charge in [-0.05, 0) is 44.9 Å². The number of rotatable bonds is 1. The Morgan fingerprint density at radius 2 is 1.73 bits per heavy atom. The first-order valence-corrected chi connectivity index (χ1v) is 9.68. The van der Waals surface area contributed by atoms with Crippen LogP contribution in [-0.4, -0.2) is 67.1 Å². The highest BCUT2D eigenvalue weighted by molar-refractivity contribution is 5.66. The van der Waals surface area contributed by atoms with Crippen molar-refractivity contribution in [1.82, 2.24) is 0 Å². The van der Waals surface area contributed by atoms with Gasteiger partial charge >= 0.3 is 5.97 Å². The maximum absolute atomic E-state index is 11.7. The van der Waals surface area contributed by atoms with Gasteiger partial charge in [0, 0.05) is 30.6 Å². The fourth-order valence-electron chi connectivity index (χ4n) is 7.19. The van der Waals surface area contributed by atoms with E-state index in [0.29, 0.717) is 19.3 Å². The molecule has 7 heteroatoms. The number of carbonyl (C=O) groups is 1. The molecular formula is C19H30O7. The van der Waals surface area contributed by atoms with Crippen LogP contribution in [0.4, 0.5) is 0 Å². The minimum Gasteiger partial charge on any atom is -0.462 e. The number of ether oxygens (including phenoxy) is 1. The Morgan fingerprint density at radius 3 is 2.38 bits per heavy atom. The number of hydrogen-bond acceptors (Lipinski definition) is 7. The molecule has 4 rings (SSSR count). The Kier molecular flexibility index (Phi) is 4.04. The maximum Gasteiger partial charge on any atom is 0.302 e. The second kappa shape index (κ2) is 5.64. The van der Waals surface area contributed by atoms with Crippen molar-refractivity contribution in [3.05, 3.63) is 0 Å². The number of hydrogen-bond donors (Lipinski definition) is 5. The van der Waals surface area contributed by atoms with E-state index in [-0.39, 0.29) is 31.1 Å². The van der Waals surface area contributed by atoms with Crippen molar-refractivity contribution in [2.75, 3.05) is 0 Å². The lowest BCUT2D eigenvalue weighted by Crippen LogP contribution is -2.57. The number of aliphatic hydroxyl groups is 5. The van der Waals surface area contributed by atoms with Crippen LogP contribution in [0.5, 0.6) is 0 Å². The van der Waals surface area contributed by atoms with Gasteiger partial charge in [0.15, 0.2) is 0 Å². The Labute approximate surface area is 153 Å². The monoisotopic (exact) mass is 370 g/mol. The molecule has 0 radical (unpaired) electrons. The summed E-state index contributed by atoms with van der Waals surface area (Å²) < 4.78 is 5.63. The third-order valence-corrected chi connectivity index (χ3v) is 8.05. The van der Waals surface area contributed by atoms with E-state index >= 15 is 0 Å². The molecule has 26 heavy (non-hydrogen) atoms. The van der Waals surface area contributed by atoms with E-state index in [0.717, 1.165) is 0 Å². The summed E-state index contributed by atoms with van der Waals surface area (Å²) >= 11 is 0. The van der Waals surface area contributed by atoms with Crippen LogP contribution in [0.25, 0.3) is 0 Å². The highest BCUT2D eigenvalue weighted by atomic mass is 16.5. The maximum atomic E-state index is 11.7. The molecule has 148 valence electrons. The lowest BCUT2D eigenvalue weighted by Gasteiger charge is -2.51. The first kappa shape index (κ1) is 18.6. The molecule has 4 aliphatic carbocycles. The van der Waals surface area contributed by atoms with Crippen LogP contribution in [0.1, 0.15) is 52.4 Å². The van der Waals surface area contributed by atoms with E-state index in [1.54, 1.807) is 6.92 Å². The summed E-state index contributed by atoms with van der Waals surface area (Å²) in [5.74, 6) is -1.67. The molecule has 1 spiro atoms. The molecule has 0 amide bonds. The molecule has 4 saturated carbocycles. The van der Waals surface area contributed by atoms with Gasteiger partial charge in [0.2, 0.25) is 0 Å². The summed E-state index contributed by atoms with van der Waals surface area (Å²) in [6.45, 7) is 3.00. The molecular weight excluding hydrogens is 340 g/mol. The zero-order chi connectivity index (χ0) is 19.1. The second-order valence-electron chi connectivity index (χ2n) is 9.41. The van der Waals surface area contributed by atoms with Gasteiger partial charge in [-0.1, -0.05) is 0 Å². The predicted octanol–water partition coefficient (Wildman–Crippen LogP) is -0.287. The zero-order valence-electron chi connectivity index (χ0n) is 15.3. The van der Waals surface area contributed by atoms with Gasteiger partial charge in [0.05, 0.1) is 29.5 Å². The topological polar surface area (TPSA) is 127 Å². The van der Waals surface area contributed by atoms with Gasteiger partial charge in [-0.15, -0.1) is 0 Å². The van der Waals surface area contributed by atoms with E-state index < -0.39 is 52.9 Å². The Morgan fingerprint density at radius 1 is 1.04 bits per heavy atom. The zero-order valence-corrected chi connectivity index (χ0v) is 15.3. The van der Waals surface area contributed by atoms with Crippen LogP contribution in [0.15, 0.2) is 0 Å². The van der Waals surface area contributed by atoms with Crippen molar-refractivity contribution in [3.63, 3.8) is 0 Å². The highest BCUT2D eigenvalue weighted by Crippen LogP contribution is 2.66. The van der Waals surface area contributed by atoms with E-state index in [2.05, 4.69) is 0 Å². The number of esters is 1. The van der Waals surface area contributed by atoms with Crippen LogP contribution in [0, 0.1) is 23.2 Å². The molecule has 10 atom stereocenters. The third kappa shape index (κ3) is 2.27. The fourth-order valence-corrected chi connectivity index (χ4v) is 7.19. The highest BCUT2D eigenvalue weighted by Gasteiger charge is 2.72.